The first-order chi connectivity index (χ1) is 9.11. The molecular formula is C13H14N4O2. The largest absolute Gasteiger partial charge is 0.373 e. The molecule has 1 heterocycles. The number of nitrogens with zero attached hydrogens (tertiary/aromatic N) is 1. The summed E-state index contributed by atoms with van der Waals surface area (Å²) in [5, 5.41) is 7.18. The van der Waals surface area contributed by atoms with E-state index in [9.17, 15) is 9.59 Å². The molecule has 2 amide bonds. The van der Waals surface area contributed by atoms with Gasteiger partial charge < -0.3 is 16.4 Å². The van der Waals surface area contributed by atoms with E-state index in [1.807, 2.05) is 24.3 Å². The molecule has 1 aromatic carbocycles. The van der Waals surface area contributed by atoms with Gasteiger partial charge in [0.05, 0.1) is 6.54 Å². The third-order valence-corrected chi connectivity index (χ3v) is 2.63. The van der Waals surface area contributed by atoms with Gasteiger partial charge in [-0.1, -0.05) is 24.3 Å². The van der Waals surface area contributed by atoms with Crippen molar-refractivity contribution in [2.75, 3.05) is 18.9 Å². The van der Waals surface area contributed by atoms with Crippen LogP contribution in [-0.2, 0) is 4.79 Å². The molecule has 98 valence electrons. The second-order valence-electron chi connectivity index (χ2n) is 3.98. The lowest BCUT2D eigenvalue weighted by molar-refractivity contribution is -0.117. The number of carbonyl (C=O) groups is 2. The average Bonchev–Trinajstić information content (AvgIpc) is 2.43. The number of hydrogen-bond donors (Lipinski definition) is 3. The molecule has 0 radical (unpaired) electrons. The number of rotatable bonds is 4. The quantitative estimate of drug-likeness (QED) is 0.743. The first kappa shape index (κ1) is 12.8. The Morgan fingerprint density at radius 1 is 1.32 bits per heavy atom. The number of anilines is 1. The monoisotopic (exact) mass is 258 g/mol. The van der Waals surface area contributed by atoms with Crippen LogP contribution < -0.4 is 16.4 Å². The van der Waals surface area contributed by atoms with Gasteiger partial charge in [-0.3, -0.25) is 9.59 Å². The highest BCUT2D eigenvalue weighted by molar-refractivity contribution is 6.01. The van der Waals surface area contributed by atoms with E-state index in [2.05, 4.69) is 15.6 Å². The van der Waals surface area contributed by atoms with Crippen LogP contribution in [0.2, 0.25) is 0 Å². The van der Waals surface area contributed by atoms with Crippen molar-refractivity contribution in [3.63, 3.8) is 0 Å². The van der Waals surface area contributed by atoms with E-state index < -0.39 is 11.8 Å². The van der Waals surface area contributed by atoms with Crippen molar-refractivity contribution >= 4 is 28.4 Å². The van der Waals surface area contributed by atoms with Gasteiger partial charge in [-0.2, -0.15) is 0 Å². The van der Waals surface area contributed by atoms with Crippen molar-refractivity contribution in [2.45, 2.75) is 0 Å². The van der Waals surface area contributed by atoms with Crippen LogP contribution in [0.1, 0.15) is 10.5 Å². The molecule has 0 aliphatic carbocycles. The van der Waals surface area contributed by atoms with Gasteiger partial charge in [-0.25, -0.2) is 4.98 Å². The molecule has 0 spiro atoms. The third-order valence-electron chi connectivity index (χ3n) is 2.63. The molecule has 6 heteroatoms. The summed E-state index contributed by atoms with van der Waals surface area (Å²) < 4.78 is 0. The van der Waals surface area contributed by atoms with E-state index in [-0.39, 0.29) is 12.2 Å². The average molecular weight is 258 g/mol. The summed E-state index contributed by atoms with van der Waals surface area (Å²) in [5.74, 6) is -0.411. The summed E-state index contributed by atoms with van der Waals surface area (Å²) in [6, 6.07) is 9.26. The van der Waals surface area contributed by atoms with Gasteiger partial charge in [0, 0.05) is 12.4 Å². The van der Waals surface area contributed by atoms with Crippen molar-refractivity contribution in [1.29, 1.82) is 0 Å². The molecule has 0 bridgehead atoms. The zero-order valence-corrected chi connectivity index (χ0v) is 10.4. The van der Waals surface area contributed by atoms with E-state index in [1.165, 1.54) is 0 Å². The lowest BCUT2D eigenvalue weighted by Crippen LogP contribution is -2.33. The molecule has 0 saturated carbocycles. The summed E-state index contributed by atoms with van der Waals surface area (Å²) >= 11 is 0. The predicted octanol–water partition coefficient (Wildman–Crippen LogP) is 0.492. The number of fused-ring (bicyclic) bond motifs is 1. The number of amides is 2. The molecule has 1 aromatic heterocycles. The molecule has 0 fully saturated rings. The summed E-state index contributed by atoms with van der Waals surface area (Å²) in [6.07, 6.45) is 0. The molecule has 0 atom stereocenters. The second kappa shape index (κ2) is 5.34. The van der Waals surface area contributed by atoms with Gasteiger partial charge in [-0.15, -0.1) is 0 Å². The first-order valence-corrected chi connectivity index (χ1v) is 5.76. The highest BCUT2D eigenvalue weighted by Crippen LogP contribution is 2.21. The Hall–Kier alpha value is -2.63. The Kier molecular flexibility index (Phi) is 3.61. The minimum absolute atomic E-state index is 0.206. The fraction of sp³-hybridized carbons (Fsp3) is 0.154. The predicted molar refractivity (Wildman–Crippen MR) is 72.8 cm³/mol. The van der Waals surface area contributed by atoms with Crippen LogP contribution in [-0.4, -0.2) is 30.4 Å². The molecule has 2 rings (SSSR count). The minimum atomic E-state index is -0.594. The molecule has 2 aromatic rings. The van der Waals surface area contributed by atoms with E-state index >= 15 is 0 Å². The molecule has 4 N–H and O–H groups in total. The summed E-state index contributed by atoms with van der Waals surface area (Å²) in [6.45, 7) is -0.206. The van der Waals surface area contributed by atoms with E-state index in [1.54, 1.807) is 13.1 Å². The maximum absolute atomic E-state index is 11.9. The Morgan fingerprint density at radius 2 is 2.05 bits per heavy atom. The number of benzene rings is 1. The summed E-state index contributed by atoms with van der Waals surface area (Å²) in [4.78, 5) is 26.7. The molecule has 0 aliphatic heterocycles. The fourth-order valence-corrected chi connectivity index (χ4v) is 1.76. The molecule has 6 nitrogen and oxygen atoms in total. The number of carbonyl (C=O) groups excluding carboxylic acids is 2. The second-order valence-corrected chi connectivity index (χ2v) is 3.98. The number of hydrogen-bond acceptors (Lipinski definition) is 4. The maximum Gasteiger partial charge on any atom is 0.270 e. The zero-order valence-electron chi connectivity index (χ0n) is 10.4. The van der Waals surface area contributed by atoms with Gasteiger partial charge in [-0.05, 0) is 11.5 Å². The van der Waals surface area contributed by atoms with Gasteiger partial charge in [0.1, 0.15) is 11.5 Å². The van der Waals surface area contributed by atoms with Gasteiger partial charge in [0.25, 0.3) is 5.91 Å². The van der Waals surface area contributed by atoms with E-state index in [0.29, 0.717) is 5.82 Å². The van der Waals surface area contributed by atoms with Crippen LogP contribution in [0.4, 0.5) is 5.82 Å². The molecule has 0 aliphatic rings. The van der Waals surface area contributed by atoms with Gasteiger partial charge >= 0.3 is 0 Å². The van der Waals surface area contributed by atoms with Crippen molar-refractivity contribution in [1.82, 2.24) is 10.3 Å². The number of pyridine rings is 1. The topological polar surface area (TPSA) is 97.1 Å². The smallest absolute Gasteiger partial charge is 0.270 e. The summed E-state index contributed by atoms with van der Waals surface area (Å²) in [5.41, 5.74) is 5.22. The number of nitrogens with two attached hydrogens (primary N) is 1. The number of aromatic nitrogens is 1. The highest BCUT2D eigenvalue weighted by atomic mass is 16.2. The van der Waals surface area contributed by atoms with Crippen molar-refractivity contribution in [3.8, 4) is 0 Å². The van der Waals surface area contributed by atoms with Crippen molar-refractivity contribution in [2.24, 2.45) is 5.73 Å². The van der Waals surface area contributed by atoms with Crippen LogP contribution in [0.5, 0.6) is 0 Å². The lowest BCUT2D eigenvalue weighted by atomic mass is 10.1. The Morgan fingerprint density at radius 3 is 2.74 bits per heavy atom. The summed E-state index contributed by atoms with van der Waals surface area (Å²) in [7, 11) is 1.74. The van der Waals surface area contributed by atoms with Crippen LogP contribution >= 0.6 is 0 Å². The molecule has 0 saturated heterocycles. The Balaban J connectivity index is 2.39. The Bertz CT molecular complexity index is 640. The highest BCUT2D eigenvalue weighted by Gasteiger charge is 2.11. The van der Waals surface area contributed by atoms with Crippen molar-refractivity contribution < 1.29 is 9.59 Å². The van der Waals surface area contributed by atoms with Gasteiger partial charge in [0.15, 0.2) is 0 Å². The molecule has 19 heavy (non-hydrogen) atoms. The SMILES string of the molecule is CNc1nc(C(=O)NCC(N)=O)cc2ccccc12. The van der Waals surface area contributed by atoms with E-state index in [0.717, 1.165) is 10.8 Å². The van der Waals surface area contributed by atoms with Crippen LogP contribution in [0.15, 0.2) is 30.3 Å². The normalized spacial score (nSPS) is 10.2. The van der Waals surface area contributed by atoms with Crippen LogP contribution in [0.3, 0.4) is 0 Å². The van der Waals surface area contributed by atoms with Crippen LogP contribution in [0.25, 0.3) is 10.8 Å². The lowest BCUT2D eigenvalue weighted by Gasteiger charge is -2.08. The minimum Gasteiger partial charge on any atom is -0.373 e. The number of primary amides is 1. The molecule has 0 unspecified atom stereocenters. The van der Waals surface area contributed by atoms with Crippen molar-refractivity contribution in [3.05, 3.63) is 36.0 Å². The Labute approximate surface area is 110 Å². The number of nitrogens with one attached hydrogen (secondary N) is 2. The van der Waals surface area contributed by atoms with Crippen LogP contribution in [0, 0.1) is 0 Å². The van der Waals surface area contributed by atoms with E-state index in [4.69, 9.17) is 5.73 Å². The zero-order chi connectivity index (χ0) is 13.8. The fourth-order valence-electron chi connectivity index (χ4n) is 1.76. The first-order valence-electron chi connectivity index (χ1n) is 5.76. The standard InChI is InChI=1S/C13H14N4O2/c1-15-12-9-5-3-2-4-8(9)6-10(17-12)13(19)16-7-11(14)18/h2-6H,7H2,1H3,(H2,14,18)(H,15,17)(H,16,19). The molecular weight excluding hydrogens is 244 g/mol. The maximum atomic E-state index is 11.9. The van der Waals surface area contributed by atoms with Gasteiger partial charge in [0.2, 0.25) is 5.91 Å². The third kappa shape index (κ3) is 2.79.